The number of nitrogens with zero attached hydrogens (tertiary/aromatic N) is 5. The van der Waals surface area contributed by atoms with Gasteiger partial charge in [0.2, 0.25) is 0 Å². The van der Waals surface area contributed by atoms with Crippen molar-refractivity contribution < 1.29 is 9.53 Å². The van der Waals surface area contributed by atoms with Crippen LogP contribution in [0.15, 0.2) is 72.0 Å². The Morgan fingerprint density at radius 3 is 2.58 bits per heavy atom. The minimum atomic E-state index is -0.492. The molecule has 0 saturated heterocycles. The highest BCUT2D eigenvalue weighted by Crippen LogP contribution is 2.07. The van der Waals surface area contributed by atoms with Gasteiger partial charge in [-0.1, -0.05) is 6.07 Å². The van der Waals surface area contributed by atoms with Gasteiger partial charge in [0.15, 0.2) is 5.65 Å². The number of fused-ring (bicyclic) bond motifs is 1. The molecule has 0 N–H and O–H groups in total. The SMILES string of the molecule is O=C(OCCn1nc2ccccn2c1=O)c1ccc(-n2cccc2)nc1. The van der Waals surface area contributed by atoms with Crippen molar-refractivity contribution in [1.29, 1.82) is 0 Å². The van der Waals surface area contributed by atoms with E-state index in [0.717, 1.165) is 0 Å². The number of carbonyl (C=O) groups is 1. The Balaban J connectivity index is 1.39. The number of ether oxygens (including phenoxy) is 1. The number of hydrogen-bond donors (Lipinski definition) is 0. The highest BCUT2D eigenvalue weighted by Gasteiger charge is 2.10. The van der Waals surface area contributed by atoms with Crippen LogP contribution < -0.4 is 5.69 Å². The molecular weight excluding hydrogens is 334 g/mol. The molecule has 0 amide bonds. The summed E-state index contributed by atoms with van der Waals surface area (Å²) in [5.41, 5.74) is 0.631. The Morgan fingerprint density at radius 2 is 1.85 bits per heavy atom. The lowest BCUT2D eigenvalue weighted by atomic mass is 10.3. The van der Waals surface area contributed by atoms with E-state index in [0.29, 0.717) is 17.0 Å². The largest absolute Gasteiger partial charge is 0.460 e. The predicted molar refractivity (Wildman–Crippen MR) is 93.3 cm³/mol. The van der Waals surface area contributed by atoms with E-state index >= 15 is 0 Å². The van der Waals surface area contributed by atoms with Crippen LogP contribution in [0.4, 0.5) is 0 Å². The first-order valence-electron chi connectivity index (χ1n) is 8.03. The van der Waals surface area contributed by atoms with Gasteiger partial charge in [-0.3, -0.25) is 4.40 Å². The van der Waals surface area contributed by atoms with Crippen LogP contribution in [0.3, 0.4) is 0 Å². The van der Waals surface area contributed by atoms with Crippen LogP contribution in [-0.2, 0) is 11.3 Å². The molecule has 0 aliphatic rings. The maximum absolute atomic E-state index is 12.1. The van der Waals surface area contributed by atoms with E-state index in [1.807, 2.05) is 29.1 Å². The highest BCUT2D eigenvalue weighted by molar-refractivity contribution is 5.89. The molecule has 4 rings (SSSR count). The van der Waals surface area contributed by atoms with E-state index in [2.05, 4.69) is 10.1 Å². The van der Waals surface area contributed by atoms with Crippen molar-refractivity contribution >= 4 is 11.6 Å². The molecule has 0 saturated carbocycles. The summed E-state index contributed by atoms with van der Waals surface area (Å²) in [5, 5.41) is 4.18. The molecule has 26 heavy (non-hydrogen) atoms. The molecule has 0 unspecified atom stereocenters. The molecule has 0 radical (unpaired) electrons. The molecule has 0 bridgehead atoms. The Labute approximate surface area is 147 Å². The van der Waals surface area contributed by atoms with Crippen LogP contribution >= 0.6 is 0 Å². The van der Waals surface area contributed by atoms with Gasteiger partial charge in [0.1, 0.15) is 12.4 Å². The highest BCUT2D eigenvalue weighted by atomic mass is 16.5. The second-order valence-electron chi connectivity index (χ2n) is 5.57. The summed E-state index contributed by atoms with van der Waals surface area (Å²) in [7, 11) is 0. The summed E-state index contributed by atoms with van der Waals surface area (Å²) in [6.45, 7) is 0.225. The van der Waals surface area contributed by atoms with Crippen molar-refractivity contribution in [2.45, 2.75) is 6.54 Å². The second-order valence-corrected chi connectivity index (χ2v) is 5.57. The van der Waals surface area contributed by atoms with Crippen LogP contribution in [0.2, 0.25) is 0 Å². The quantitative estimate of drug-likeness (QED) is 0.510. The fourth-order valence-electron chi connectivity index (χ4n) is 2.57. The van der Waals surface area contributed by atoms with Crippen LogP contribution in [-0.4, -0.2) is 36.3 Å². The van der Waals surface area contributed by atoms with Crippen molar-refractivity contribution in [3.63, 3.8) is 0 Å². The lowest BCUT2D eigenvalue weighted by molar-refractivity contribution is 0.0486. The van der Waals surface area contributed by atoms with Gasteiger partial charge in [-0.15, -0.1) is 5.10 Å². The van der Waals surface area contributed by atoms with E-state index in [-0.39, 0.29) is 18.8 Å². The van der Waals surface area contributed by atoms with E-state index < -0.39 is 5.97 Å². The van der Waals surface area contributed by atoms with Gasteiger partial charge in [0.05, 0.1) is 12.1 Å². The van der Waals surface area contributed by atoms with Crippen molar-refractivity contribution in [3.05, 3.63) is 83.3 Å². The summed E-state index contributed by atoms with van der Waals surface area (Å²) >= 11 is 0. The number of pyridine rings is 2. The number of rotatable bonds is 5. The van der Waals surface area contributed by atoms with Crippen molar-refractivity contribution in [1.82, 2.24) is 23.7 Å². The molecule has 130 valence electrons. The molecule has 0 atom stereocenters. The molecule has 4 heterocycles. The smallest absolute Gasteiger partial charge is 0.350 e. The van der Waals surface area contributed by atoms with E-state index in [1.165, 1.54) is 15.3 Å². The first-order chi connectivity index (χ1) is 12.7. The summed E-state index contributed by atoms with van der Waals surface area (Å²) in [4.78, 5) is 28.5. The van der Waals surface area contributed by atoms with Crippen LogP contribution in [0.5, 0.6) is 0 Å². The molecule has 4 aromatic rings. The first kappa shape index (κ1) is 15.8. The minimum Gasteiger partial charge on any atom is -0.460 e. The topological polar surface area (TPSA) is 83.4 Å². The van der Waals surface area contributed by atoms with Crippen LogP contribution in [0.1, 0.15) is 10.4 Å². The summed E-state index contributed by atoms with van der Waals surface area (Å²) < 4.78 is 9.77. The zero-order chi connectivity index (χ0) is 17.9. The number of hydrogen-bond acceptors (Lipinski definition) is 5. The Morgan fingerprint density at radius 1 is 1.04 bits per heavy atom. The molecule has 8 heteroatoms. The maximum atomic E-state index is 12.1. The normalized spacial score (nSPS) is 10.9. The van der Waals surface area contributed by atoms with Gasteiger partial charge < -0.3 is 9.30 Å². The molecule has 0 spiro atoms. The zero-order valence-electron chi connectivity index (χ0n) is 13.7. The van der Waals surface area contributed by atoms with Gasteiger partial charge in [-0.05, 0) is 36.4 Å². The van der Waals surface area contributed by atoms with Gasteiger partial charge in [0.25, 0.3) is 0 Å². The van der Waals surface area contributed by atoms with Gasteiger partial charge in [0, 0.05) is 24.8 Å². The van der Waals surface area contributed by atoms with E-state index in [9.17, 15) is 9.59 Å². The third kappa shape index (κ3) is 3.00. The minimum absolute atomic E-state index is 0.0436. The van der Waals surface area contributed by atoms with Gasteiger partial charge in [-0.2, -0.15) is 0 Å². The van der Waals surface area contributed by atoms with Gasteiger partial charge in [-0.25, -0.2) is 19.3 Å². The lowest BCUT2D eigenvalue weighted by Crippen LogP contribution is -2.24. The molecule has 4 aromatic heterocycles. The molecule has 8 nitrogen and oxygen atoms in total. The van der Waals surface area contributed by atoms with Crippen LogP contribution in [0, 0.1) is 0 Å². The Kier molecular flexibility index (Phi) is 4.06. The van der Waals surface area contributed by atoms with Crippen molar-refractivity contribution in [2.75, 3.05) is 6.61 Å². The Bertz CT molecular complexity index is 1090. The summed E-state index contributed by atoms with van der Waals surface area (Å²) in [6, 6.07) is 12.5. The van der Waals surface area contributed by atoms with Crippen molar-refractivity contribution in [3.8, 4) is 5.82 Å². The van der Waals surface area contributed by atoms with Crippen molar-refractivity contribution in [2.24, 2.45) is 0 Å². The fourth-order valence-corrected chi connectivity index (χ4v) is 2.57. The number of esters is 1. The van der Waals surface area contributed by atoms with E-state index in [4.69, 9.17) is 4.74 Å². The number of carbonyl (C=O) groups excluding carboxylic acids is 1. The average molecular weight is 349 g/mol. The summed E-state index contributed by atoms with van der Waals surface area (Å²) in [6.07, 6.45) is 6.85. The van der Waals surface area contributed by atoms with E-state index in [1.54, 1.807) is 36.5 Å². The molecule has 0 fully saturated rings. The third-order valence-electron chi connectivity index (χ3n) is 3.88. The standard InChI is InChI=1S/C18H15N5O3/c24-17(14-6-7-15(19-13-14)21-8-3-4-9-21)26-12-11-23-18(25)22-10-2-1-5-16(22)20-23/h1-10,13H,11-12H2. The fraction of sp³-hybridized carbons (Fsp3) is 0.111. The monoisotopic (exact) mass is 349 g/mol. The third-order valence-corrected chi connectivity index (χ3v) is 3.88. The number of aromatic nitrogens is 5. The zero-order valence-corrected chi connectivity index (χ0v) is 13.7. The molecular formula is C18H15N5O3. The Hall–Kier alpha value is -3.68. The maximum Gasteiger partial charge on any atom is 0.350 e. The van der Waals surface area contributed by atoms with Gasteiger partial charge >= 0.3 is 11.7 Å². The average Bonchev–Trinajstić information content (AvgIpc) is 3.31. The molecule has 0 aliphatic heterocycles. The molecule has 0 aromatic carbocycles. The second kappa shape index (κ2) is 6.67. The predicted octanol–water partition coefficient (Wildman–Crippen LogP) is 1.54. The summed E-state index contributed by atoms with van der Waals surface area (Å²) in [5.74, 6) is 0.219. The first-order valence-corrected chi connectivity index (χ1v) is 8.03. The molecule has 0 aliphatic carbocycles. The lowest BCUT2D eigenvalue weighted by Gasteiger charge is -2.05. The van der Waals surface area contributed by atoms with Crippen LogP contribution in [0.25, 0.3) is 11.5 Å².